The Balaban J connectivity index is 1.67. The Kier molecular flexibility index (Phi) is 4.36. The number of nitrogens with one attached hydrogen (secondary N) is 1. The summed E-state index contributed by atoms with van der Waals surface area (Å²) >= 11 is 0. The fourth-order valence-corrected chi connectivity index (χ4v) is 3.10. The Morgan fingerprint density at radius 3 is 2.73 bits per heavy atom. The largest absolute Gasteiger partial charge is 0.459 e. The number of carbonyl (C=O) groups is 1. The molecule has 118 valence electrons. The van der Waals surface area contributed by atoms with Crippen LogP contribution in [0.3, 0.4) is 0 Å². The van der Waals surface area contributed by atoms with Gasteiger partial charge in [-0.25, -0.2) is 4.79 Å². The predicted octanol–water partition coefficient (Wildman–Crippen LogP) is 4.47. The van der Waals surface area contributed by atoms with Gasteiger partial charge in [-0.15, -0.1) is 0 Å². The van der Waals surface area contributed by atoms with Crippen LogP contribution in [0.5, 0.6) is 0 Å². The van der Waals surface area contributed by atoms with E-state index in [0.29, 0.717) is 6.04 Å². The van der Waals surface area contributed by atoms with E-state index in [4.69, 9.17) is 4.42 Å². The Hall–Kier alpha value is -1.97. The number of hydrogen-bond donors (Lipinski definition) is 1. The minimum Gasteiger partial charge on any atom is -0.459 e. The Morgan fingerprint density at radius 2 is 2.00 bits per heavy atom. The zero-order valence-corrected chi connectivity index (χ0v) is 13.3. The third-order valence-corrected chi connectivity index (χ3v) is 4.69. The van der Waals surface area contributed by atoms with Gasteiger partial charge in [0.05, 0.1) is 6.04 Å². The molecule has 1 fully saturated rings. The van der Waals surface area contributed by atoms with Crippen molar-refractivity contribution in [2.75, 3.05) is 7.05 Å². The van der Waals surface area contributed by atoms with Gasteiger partial charge in [0.1, 0.15) is 11.3 Å². The fourth-order valence-electron chi connectivity index (χ4n) is 3.10. The molecule has 2 aromatic rings. The average Bonchev–Trinajstić information content (AvgIpc) is 2.98. The molecule has 2 amide bonds. The van der Waals surface area contributed by atoms with Gasteiger partial charge in [-0.05, 0) is 31.9 Å². The molecule has 0 saturated heterocycles. The SMILES string of the molecule is CC(c1cc2ccccc2o1)N(C)C(=O)NC1CCCCC1. The molecular weight excluding hydrogens is 276 g/mol. The lowest BCUT2D eigenvalue weighted by Gasteiger charge is -2.28. The van der Waals surface area contributed by atoms with Crippen molar-refractivity contribution in [2.45, 2.75) is 51.1 Å². The van der Waals surface area contributed by atoms with Crippen LogP contribution in [0.1, 0.15) is 50.8 Å². The van der Waals surface area contributed by atoms with Crippen LogP contribution < -0.4 is 5.32 Å². The van der Waals surface area contributed by atoms with Gasteiger partial charge in [-0.1, -0.05) is 37.5 Å². The monoisotopic (exact) mass is 300 g/mol. The standard InChI is InChI=1S/C18H24N2O2/c1-13(17-12-14-8-6-7-11-16(14)22-17)20(2)18(21)19-15-9-4-3-5-10-15/h6-8,11-13,15H,3-5,9-10H2,1-2H3,(H,19,21). The van der Waals surface area contributed by atoms with Crippen molar-refractivity contribution in [3.63, 3.8) is 0 Å². The lowest BCUT2D eigenvalue weighted by atomic mass is 9.96. The summed E-state index contributed by atoms with van der Waals surface area (Å²) in [5, 5.41) is 4.22. The molecule has 1 N–H and O–H groups in total. The number of amides is 2. The lowest BCUT2D eigenvalue weighted by molar-refractivity contribution is 0.180. The van der Waals surface area contributed by atoms with Gasteiger partial charge in [0, 0.05) is 18.5 Å². The topological polar surface area (TPSA) is 45.5 Å². The molecule has 0 spiro atoms. The van der Waals surface area contributed by atoms with E-state index in [0.717, 1.165) is 29.6 Å². The van der Waals surface area contributed by atoms with E-state index >= 15 is 0 Å². The van der Waals surface area contributed by atoms with Gasteiger partial charge < -0.3 is 14.6 Å². The number of nitrogens with zero attached hydrogens (tertiary/aromatic N) is 1. The number of fused-ring (bicyclic) bond motifs is 1. The van der Waals surface area contributed by atoms with Crippen molar-refractivity contribution >= 4 is 17.0 Å². The molecule has 1 aromatic carbocycles. The third-order valence-electron chi connectivity index (χ3n) is 4.69. The minimum absolute atomic E-state index is 0.0140. The quantitative estimate of drug-likeness (QED) is 0.909. The Bertz CT molecular complexity index is 610. The van der Waals surface area contributed by atoms with Gasteiger partial charge in [0.2, 0.25) is 0 Å². The molecule has 0 bridgehead atoms. The van der Waals surface area contributed by atoms with Crippen LogP contribution in [0.2, 0.25) is 0 Å². The number of rotatable bonds is 3. The van der Waals surface area contributed by atoms with E-state index in [-0.39, 0.29) is 12.1 Å². The van der Waals surface area contributed by atoms with E-state index in [1.807, 2.05) is 44.3 Å². The van der Waals surface area contributed by atoms with Gasteiger partial charge in [-0.2, -0.15) is 0 Å². The van der Waals surface area contributed by atoms with Crippen molar-refractivity contribution in [2.24, 2.45) is 0 Å². The molecule has 1 heterocycles. The maximum atomic E-state index is 12.4. The molecule has 1 saturated carbocycles. The first kappa shape index (κ1) is 14.9. The molecule has 0 radical (unpaired) electrons. The second-order valence-corrected chi connectivity index (χ2v) is 6.26. The summed E-state index contributed by atoms with van der Waals surface area (Å²) < 4.78 is 5.87. The van der Waals surface area contributed by atoms with Crippen LogP contribution in [0.4, 0.5) is 4.79 Å². The van der Waals surface area contributed by atoms with Crippen LogP contribution in [-0.2, 0) is 0 Å². The van der Waals surface area contributed by atoms with Crippen LogP contribution >= 0.6 is 0 Å². The number of urea groups is 1. The smallest absolute Gasteiger partial charge is 0.317 e. The van der Waals surface area contributed by atoms with Crippen LogP contribution in [0.15, 0.2) is 34.7 Å². The maximum Gasteiger partial charge on any atom is 0.317 e. The maximum absolute atomic E-state index is 12.4. The second-order valence-electron chi connectivity index (χ2n) is 6.26. The fraction of sp³-hybridized carbons (Fsp3) is 0.500. The number of carbonyl (C=O) groups excluding carboxylic acids is 1. The van der Waals surface area contributed by atoms with E-state index in [1.165, 1.54) is 19.3 Å². The summed E-state index contributed by atoms with van der Waals surface area (Å²) in [5.74, 6) is 0.822. The highest BCUT2D eigenvalue weighted by atomic mass is 16.3. The summed E-state index contributed by atoms with van der Waals surface area (Å²) in [7, 11) is 1.83. The molecular formula is C18H24N2O2. The normalized spacial score (nSPS) is 17.4. The molecule has 1 atom stereocenters. The molecule has 4 nitrogen and oxygen atoms in total. The van der Waals surface area contributed by atoms with Gasteiger partial charge in [0.15, 0.2) is 0 Å². The van der Waals surface area contributed by atoms with Crippen LogP contribution in [-0.4, -0.2) is 24.0 Å². The Labute approximate surface area is 131 Å². The first-order chi connectivity index (χ1) is 10.6. The first-order valence-electron chi connectivity index (χ1n) is 8.17. The number of furan rings is 1. The van der Waals surface area contributed by atoms with E-state index in [9.17, 15) is 4.79 Å². The summed E-state index contributed by atoms with van der Waals surface area (Å²) in [4.78, 5) is 14.1. The first-order valence-corrected chi connectivity index (χ1v) is 8.17. The minimum atomic E-state index is -0.0870. The highest BCUT2D eigenvalue weighted by Crippen LogP contribution is 2.27. The highest BCUT2D eigenvalue weighted by Gasteiger charge is 2.23. The predicted molar refractivity (Wildman–Crippen MR) is 87.8 cm³/mol. The number of benzene rings is 1. The number of hydrogen-bond acceptors (Lipinski definition) is 2. The average molecular weight is 300 g/mol. The summed E-state index contributed by atoms with van der Waals surface area (Å²) in [5.41, 5.74) is 0.866. The van der Waals surface area contributed by atoms with Gasteiger partial charge in [-0.3, -0.25) is 0 Å². The third kappa shape index (κ3) is 3.11. The van der Waals surface area contributed by atoms with Gasteiger partial charge in [0.25, 0.3) is 0 Å². The molecule has 22 heavy (non-hydrogen) atoms. The molecule has 4 heteroatoms. The summed E-state index contributed by atoms with van der Waals surface area (Å²) in [6.07, 6.45) is 5.91. The zero-order chi connectivity index (χ0) is 15.5. The molecule has 1 aliphatic rings. The van der Waals surface area contributed by atoms with E-state index < -0.39 is 0 Å². The van der Waals surface area contributed by atoms with E-state index in [1.54, 1.807) is 4.90 Å². The van der Waals surface area contributed by atoms with Crippen molar-refractivity contribution in [3.8, 4) is 0 Å². The highest BCUT2D eigenvalue weighted by molar-refractivity contribution is 5.78. The summed E-state index contributed by atoms with van der Waals surface area (Å²) in [6.45, 7) is 2.00. The van der Waals surface area contributed by atoms with E-state index in [2.05, 4.69) is 5.32 Å². The van der Waals surface area contributed by atoms with Crippen LogP contribution in [0.25, 0.3) is 11.0 Å². The van der Waals surface area contributed by atoms with Gasteiger partial charge >= 0.3 is 6.03 Å². The van der Waals surface area contributed by atoms with Crippen molar-refractivity contribution in [1.82, 2.24) is 10.2 Å². The van der Waals surface area contributed by atoms with Crippen molar-refractivity contribution in [3.05, 3.63) is 36.1 Å². The van der Waals surface area contributed by atoms with Crippen molar-refractivity contribution in [1.29, 1.82) is 0 Å². The summed E-state index contributed by atoms with van der Waals surface area (Å²) in [6, 6.07) is 10.2. The number of para-hydroxylation sites is 1. The molecule has 0 aliphatic heterocycles. The molecule has 3 rings (SSSR count). The van der Waals surface area contributed by atoms with Crippen molar-refractivity contribution < 1.29 is 9.21 Å². The molecule has 1 aromatic heterocycles. The molecule has 1 unspecified atom stereocenters. The Morgan fingerprint density at radius 1 is 1.27 bits per heavy atom. The lowest BCUT2D eigenvalue weighted by Crippen LogP contribution is -2.44. The zero-order valence-electron chi connectivity index (χ0n) is 13.3. The molecule has 1 aliphatic carbocycles. The second kappa shape index (κ2) is 6.42. The van der Waals surface area contributed by atoms with Crippen LogP contribution in [0, 0.1) is 0 Å².